The fraction of sp³-hybridized carbons (Fsp3) is 0.688. The smallest absolute Gasteiger partial charge is 0.391 e. The highest BCUT2D eigenvalue weighted by Crippen LogP contribution is 2.37. The summed E-state index contributed by atoms with van der Waals surface area (Å²) in [6.07, 6.45) is -3.27. The maximum Gasteiger partial charge on any atom is 0.391 e. The van der Waals surface area contributed by atoms with Gasteiger partial charge in [-0.1, -0.05) is 6.42 Å². The lowest BCUT2D eigenvalue weighted by atomic mass is 9.85. The number of furan rings is 1. The normalized spacial score (nSPS) is 24.2. The van der Waals surface area contributed by atoms with E-state index in [0.717, 1.165) is 0 Å². The number of hydrogen-bond donors (Lipinski definition) is 3. The van der Waals surface area contributed by atoms with Crippen molar-refractivity contribution in [3.8, 4) is 0 Å². The standard InChI is InChI=1S/C16H23F3N2O3/c1-10-6-7-13(24-10)15(2,23)9-20-14(22)21-12-5-3-4-11(8-12)16(17,18)19/h6-7,11-12,23H,3-5,8-9H2,1-2H3,(H2,20,21,22)/t11-,12-,15-/m1/s1. The molecule has 0 saturated heterocycles. The van der Waals surface area contributed by atoms with Crippen LogP contribution < -0.4 is 10.6 Å². The van der Waals surface area contributed by atoms with Crippen molar-refractivity contribution in [2.24, 2.45) is 5.92 Å². The molecule has 2 amide bonds. The molecule has 3 N–H and O–H groups in total. The molecule has 0 spiro atoms. The summed E-state index contributed by atoms with van der Waals surface area (Å²) >= 11 is 0. The number of amides is 2. The molecule has 1 fully saturated rings. The molecule has 1 saturated carbocycles. The summed E-state index contributed by atoms with van der Waals surface area (Å²) in [4.78, 5) is 11.9. The molecule has 0 bridgehead atoms. The quantitative estimate of drug-likeness (QED) is 0.782. The molecule has 1 aromatic rings. The maximum absolute atomic E-state index is 12.8. The molecule has 24 heavy (non-hydrogen) atoms. The van der Waals surface area contributed by atoms with Gasteiger partial charge in [-0.05, 0) is 45.2 Å². The third-order valence-corrected chi connectivity index (χ3v) is 4.34. The van der Waals surface area contributed by atoms with Crippen LogP contribution in [0.2, 0.25) is 0 Å². The molecule has 0 unspecified atom stereocenters. The first-order valence-electron chi connectivity index (χ1n) is 7.98. The summed E-state index contributed by atoms with van der Waals surface area (Å²) in [7, 11) is 0. The van der Waals surface area contributed by atoms with Crippen LogP contribution >= 0.6 is 0 Å². The molecule has 8 heteroatoms. The molecule has 2 rings (SSSR count). The summed E-state index contributed by atoms with van der Waals surface area (Å²) in [6.45, 7) is 3.12. The van der Waals surface area contributed by atoms with E-state index in [1.807, 2.05) is 0 Å². The molecule has 1 heterocycles. The second-order valence-electron chi connectivity index (χ2n) is 6.61. The lowest BCUT2D eigenvalue weighted by molar-refractivity contribution is -0.183. The van der Waals surface area contributed by atoms with Crippen LogP contribution in [0.3, 0.4) is 0 Å². The van der Waals surface area contributed by atoms with Gasteiger partial charge in [0.05, 0.1) is 12.5 Å². The van der Waals surface area contributed by atoms with Gasteiger partial charge in [0.15, 0.2) is 0 Å². The highest BCUT2D eigenvalue weighted by Gasteiger charge is 2.42. The number of carbonyl (C=O) groups is 1. The molecule has 1 aliphatic rings. The largest absolute Gasteiger partial charge is 0.463 e. The minimum absolute atomic E-state index is 0.106. The number of hydrogen-bond acceptors (Lipinski definition) is 3. The van der Waals surface area contributed by atoms with Gasteiger partial charge in [0.2, 0.25) is 0 Å². The van der Waals surface area contributed by atoms with E-state index in [-0.39, 0.29) is 19.4 Å². The lowest BCUT2D eigenvalue weighted by Crippen LogP contribution is -2.48. The van der Waals surface area contributed by atoms with E-state index in [4.69, 9.17) is 4.42 Å². The van der Waals surface area contributed by atoms with E-state index in [1.54, 1.807) is 19.1 Å². The molecule has 1 aromatic heterocycles. The van der Waals surface area contributed by atoms with E-state index in [2.05, 4.69) is 10.6 Å². The Labute approximate surface area is 138 Å². The zero-order chi connectivity index (χ0) is 18.0. The highest BCUT2D eigenvalue weighted by atomic mass is 19.4. The Bertz CT molecular complexity index is 569. The van der Waals surface area contributed by atoms with Crippen molar-refractivity contribution < 1.29 is 27.5 Å². The Morgan fingerprint density at radius 2 is 2.08 bits per heavy atom. The van der Waals surface area contributed by atoms with Gasteiger partial charge in [-0.3, -0.25) is 0 Å². The summed E-state index contributed by atoms with van der Waals surface area (Å²) in [5.74, 6) is -0.420. The molecule has 0 aromatic carbocycles. The van der Waals surface area contributed by atoms with E-state index in [0.29, 0.717) is 24.4 Å². The SMILES string of the molecule is Cc1ccc([C@](C)(O)CNC(=O)N[C@@H]2CCC[C@@H](C(F)(F)F)C2)o1. The van der Waals surface area contributed by atoms with Crippen LogP contribution in [-0.2, 0) is 5.60 Å². The molecule has 1 aliphatic carbocycles. The van der Waals surface area contributed by atoms with Crippen LogP contribution in [0.15, 0.2) is 16.5 Å². The minimum atomic E-state index is -4.22. The Morgan fingerprint density at radius 3 is 2.67 bits per heavy atom. The number of nitrogens with one attached hydrogen (secondary N) is 2. The first kappa shape index (κ1) is 18.6. The van der Waals surface area contributed by atoms with Crippen molar-refractivity contribution in [3.63, 3.8) is 0 Å². The van der Waals surface area contributed by atoms with Crippen molar-refractivity contribution in [1.82, 2.24) is 10.6 Å². The van der Waals surface area contributed by atoms with E-state index in [9.17, 15) is 23.1 Å². The second-order valence-corrected chi connectivity index (χ2v) is 6.61. The van der Waals surface area contributed by atoms with Gasteiger partial charge in [-0.2, -0.15) is 13.2 Å². The van der Waals surface area contributed by atoms with Crippen molar-refractivity contribution in [2.75, 3.05) is 6.54 Å². The van der Waals surface area contributed by atoms with Gasteiger partial charge in [0, 0.05) is 6.04 Å². The molecule has 136 valence electrons. The first-order chi connectivity index (χ1) is 11.1. The number of rotatable bonds is 4. The van der Waals surface area contributed by atoms with Crippen molar-refractivity contribution >= 4 is 6.03 Å². The summed E-state index contributed by atoms with van der Waals surface area (Å²) < 4.78 is 43.7. The number of aryl methyl sites for hydroxylation is 1. The van der Waals surface area contributed by atoms with E-state index >= 15 is 0 Å². The van der Waals surface area contributed by atoms with Crippen LogP contribution in [-0.4, -0.2) is 29.9 Å². The third kappa shape index (κ3) is 4.90. The monoisotopic (exact) mass is 348 g/mol. The zero-order valence-corrected chi connectivity index (χ0v) is 13.7. The molecule has 5 nitrogen and oxygen atoms in total. The number of aliphatic hydroxyl groups is 1. The number of halogens is 3. The van der Waals surface area contributed by atoms with E-state index < -0.39 is 29.8 Å². The Balaban J connectivity index is 1.83. The number of urea groups is 1. The predicted octanol–water partition coefficient (Wildman–Crippen LogP) is 3.22. The Hall–Kier alpha value is -1.70. The molecule has 3 atom stereocenters. The fourth-order valence-corrected chi connectivity index (χ4v) is 2.92. The average Bonchev–Trinajstić information content (AvgIpc) is 2.92. The van der Waals surface area contributed by atoms with Gasteiger partial charge in [0.25, 0.3) is 0 Å². The minimum Gasteiger partial charge on any atom is -0.463 e. The van der Waals surface area contributed by atoms with Gasteiger partial charge in [-0.15, -0.1) is 0 Å². The van der Waals surface area contributed by atoms with Gasteiger partial charge < -0.3 is 20.2 Å². The fourth-order valence-electron chi connectivity index (χ4n) is 2.92. The first-order valence-corrected chi connectivity index (χ1v) is 7.98. The van der Waals surface area contributed by atoms with Gasteiger partial charge in [0.1, 0.15) is 17.1 Å². The lowest BCUT2D eigenvalue weighted by Gasteiger charge is -2.31. The second kappa shape index (κ2) is 7.04. The van der Waals surface area contributed by atoms with Crippen LogP contribution in [0, 0.1) is 12.8 Å². The molecule has 0 aliphatic heterocycles. The number of alkyl halides is 3. The average molecular weight is 348 g/mol. The van der Waals surface area contributed by atoms with Crippen LogP contribution in [0.1, 0.15) is 44.1 Å². The third-order valence-electron chi connectivity index (χ3n) is 4.34. The predicted molar refractivity (Wildman–Crippen MR) is 81.4 cm³/mol. The Kier molecular flexibility index (Phi) is 5.47. The van der Waals surface area contributed by atoms with Crippen molar-refractivity contribution in [1.29, 1.82) is 0 Å². The molecular weight excluding hydrogens is 325 g/mol. The zero-order valence-electron chi connectivity index (χ0n) is 13.7. The molecular formula is C16H23F3N2O3. The van der Waals surface area contributed by atoms with Crippen LogP contribution in [0.5, 0.6) is 0 Å². The van der Waals surface area contributed by atoms with Crippen molar-refractivity contribution in [2.45, 2.75) is 57.3 Å². The van der Waals surface area contributed by atoms with Crippen LogP contribution in [0.25, 0.3) is 0 Å². The topological polar surface area (TPSA) is 74.5 Å². The highest BCUT2D eigenvalue weighted by molar-refractivity contribution is 5.74. The van der Waals surface area contributed by atoms with Crippen molar-refractivity contribution in [3.05, 3.63) is 23.7 Å². The Morgan fingerprint density at radius 1 is 1.38 bits per heavy atom. The van der Waals surface area contributed by atoms with Gasteiger partial charge >= 0.3 is 12.2 Å². The number of carbonyl (C=O) groups excluding carboxylic acids is 1. The summed E-state index contributed by atoms with van der Waals surface area (Å²) in [6, 6.07) is 2.21. The maximum atomic E-state index is 12.8. The van der Waals surface area contributed by atoms with E-state index in [1.165, 1.54) is 6.92 Å². The van der Waals surface area contributed by atoms with Gasteiger partial charge in [-0.25, -0.2) is 4.79 Å². The summed E-state index contributed by atoms with van der Waals surface area (Å²) in [5.41, 5.74) is -1.40. The van der Waals surface area contributed by atoms with Crippen LogP contribution in [0.4, 0.5) is 18.0 Å². The summed E-state index contributed by atoms with van der Waals surface area (Å²) in [5, 5.41) is 15.4. The molecule has 0 radical (unpaired) electrons.